The molecule has 1 aliphatic heterocycles. The van der Waals surface area contributed by atoms with Gasteiger partial charge in [0.15, 0.2) is 0 Å². The van der Waals surface area contributed by atoms with Gasteiger partial charge in [0.05, 0.1) is 6.54 Å². The SMILES string of the molecule is CC(C)CC[C@]1(C)NC(=O)N(Cc2ccc(Cl)cc2)C1=O. The molecule has 1 heterocycles. The first kappa shape index (κ1) is 15.8. The highest BCUT2D eigenvalue weighted by Crippen LogP contribution is 2.26. The number of imide groups is 1. The molecule has 0 saturated carbocycles. The van der Waals surface area contributed by atoms with Crippen molar-refractivity contribution < 1.29 is 9.59 Å². The molecule has 0 unspecified atom stereocenters. The molecule has 1 atom stereocenters. The number of amides is 3. The number of nitrogens with one attached hydrogen (secondary N) is 1. The molecule has 1 aliphatic rings. The van der Waals surface area contributed by atoms with Crippen LogP contribution in [0.3, 0.4) is 0 Å². The smallest absolute Gasteiger partial charge is 0.323 e. The van der Waals surface area contributed by atoms with Crippen molar-refractivity contribution in [1.82, 2.24) is 10.2 Å². The Morgan fingerprint density at radius 3 is 2.43 bits per heavy atom. The molecular formula is C16H21ClN2O2. The Kier molecular flexibility index (Phi) is 4.57. The summed E-state index contributed by atoms with van der Waals surface area (Å²) >= 11 is 5.84. The molecule has 0 radical (unpaired) electrons. The van der Waals surface area contributed by atoms with Crippen LogP contribution >= 0.6 is 11.6 Å². The lowest BCUT2D eigenvalue weighted by Crippen LogP contribution is -2.44. The van der Waals surface area contributed by atoms with Crippen molar-refractivity contribution in [2.75, 3.05) is 0 Å². The lowest BCUT2D eigenvalue weighted by molar-refractivity contribution is -0.131. The second kappa shape index (κ2) is 6.06. The molecule has 5 heteroatoms. The van der Waals surface area contributed by atoms with Crippen LogP contribution in [0.5, 0.6) is 0 Å². The van der Waals surface area contributed by atoms with Crippen molar-refractivity contribution >= 4 is 23.5 Å². The average Bonchev–Trinajstić information content (AvgIpc) is 2.63. The Morgan fingerprint density at radius 2 is 1.86 bits per heavy atom. The Bertz CT molecular complexity index is 542. The first-order chi connectivity index (χ1) is 9.82. The maximum absolute atomic E-state index is 12.5. The summed E-state index contributed by atoms with van der Waals surface area (Å²) in [7, 11) is 0. The fourth-order valence-electron chi connectivity index (χ4n) is 2.41. The summed E-state index contributed by atoms with van der Waals surface area (Å²) in [5.41, 5.74) is 0.101. The predicted molar refractivity (Wildman–Crippen MR) is 83.0 cm³/mol. The van der Waals surface area contributed by atoms with E-state index >= 15 is 0 Å². The number of carbonyl (C=O) groups excluding carboxylic acids is 2. The van der Waals surface area contributed by atoms with Gasteiger partial charge < -0.3 is 5.32 Å². The van der Waals surface area contributed by atoms with Crippen molar-refractivity contribution in [3.05, 3.63) is 34.9 Å². The Morgan fingerprint density at radius 1 is 1.24 bits per heavy atom. The van der Waals surface area contributed by atoms with Crippen molar-refractivity contribution in [3.63, 3.8) is 0 Å². The van der Waals surface area contributed by atoms with Crippen molar-refractivity contribution in [3.8, 4) is 0 Å². The molecule has 0 aromatic heterocycles. The van der Waals surface area contributed by atoms with E-state index in [0.29, 0.717) is 17.4 Å². The third kappa shape index (κ3) is 3.56. The second-order valence-electron chi connectivity index (χ2n) is 6.21. The van der Waals surface area contributed by atoms with Crippen LogP contribution in [-0.4, -0.2) is 22.4 Å². The summed E-state index contributed by atoms with van der Waals surface area (Å²) in [5.74, 6) is 0.347. The van der Waals surface area contributed by atoms with Crippen LogP contribution in [-0.2, 0) is 11.3 Å². The van der Waals surface area contributed by atoms with E-state index in [1.807, 2.05) is 12.1 Å². The summed E-state index contributed by atoms with van der Waals surface area (Å²) in [6.07, 6.45) is 1.56. The summed E-state index contributed by atoms with van der Waals surface area (Å²) < 4.78 is 0. The molecule has 2 rings (SSSR count). The number of benzene rings is 1. The van der Waals surface area contributed by atoms with Gasteiger partial charge in [0, 0.05) is 5.02 Å². The maximum Gasteiger partial charge on any atom is 0.325 e. The maximum atomic E-state index is 12.5. The highest BCUT2D eigenvalue weighted by Gasteiger charge is 2.47. The van der Waals surface area contributed by atoms with Gasteiger partial charge >= 0.3 is 6.03 Å². The fourth-order valence-corrected chi connectivity index (χ4v) is 2.54. The largest absolute Gasteiger partial charge is 0.325 e. The number of halogens is 1. The van der Waals surface area contributed by atoms with Gasteiger partial charge in [-0.1, -0.05) is 37.6 Å². The molecule has 21 heavy (non-hydrogen) atoms. The third-order valence-electron chi connectivity index (χ3n) is 3.82. The van der Waals surface area contributed by atoms with Crippen molar-refractivity contribution in [2.24, 2.45) is 5.92 Å². The van der Waals surface area contributed by atoms with Gasteiger partial charge in [-0.3, -0.25) is 9.69 Å². The van der Waals surface area contributed by atoms with E-state index in [1.165, 1.54) is 4.90 Å². The molecule has 0 aliphatic carbocycles. The highest BCUT2D eigenvalue weighted by atomic mass is 35.5. The van der Waals surface area contributed by atoms with Crippen LogP contribution in [0.1, 0.15) is 39.2 Å². The van der Waals surface area contributed by atoms with Gasteiger partial charge in [-0.25, -0.2) is 4.79 Å². The van der Waals surface area contributed by atoms with Crippen LogP contribution in [0.4, 0.5) is 4.79 Å². The first-order valence-corrected chi connectivity index (χ1v) is 7.58. The van der Waals surface area contributed by atoms with Gasteiger partial charge in [0.25, 0.3) is 5.91 Å². The average molecular weight is 309 g/mol. The Balaban J connectivity index is 2.09. The van der Waals surface area contributed by atoms with E-state index in [9.17, 15) is 9.59 Å². The lowest BCUT2D eigenvalue weighted by Gasteiger charge is -2.22. The van der Waals surface area contributed by atoms with E-state index < -0.39 is 5.54 Å². The van der Waals surface area contributed by atoms with E-state index in [2.05, 4.69) is 19.2 Å². The highest BCUT2D eigenvalue weighted by molar-refractivity contribution is 6.30. The number of nitrogens with zero attached hydrogens (tertiary/aromatic N) is 1. The molecular weight excluding hydrogens is 288 g/mol. The number of rotatable bonds is 5. The number of urea groups is 1. The van der Waals surface area contributed by atoms with Crippen LogP contribution < -0.4 is 5.32 Å². The van der Waals surface area contributed by atoms with Crippen molar-refractivity contribution in [2.45, 2.75) is 45.7 Å². The molecule has 4 nitrogen and oxygen atoms in total. The quantitative estimate of drug-likeness (QED) is 0.845. The molecule has 1 N–H and O–H groups in total. The molecule has 1 saturated heterocycles. The normalized spacial score (nSPS) is 22.0. The number of hydrogen-bond donors (Lipinski definition) is 1. The number of hydrogen-bond acceptors (Lipinski definition) is 2. The molecule has 1 aromatic rings. The standard InChI is InChI=1S/C16H21ClN2O2/c1-11(2)8-9-16(3)14(20)19(15(21)18-16)10-12-4-6-13(17)7-5-12/h4-7,11H,8-10H2,1-3H3,(H,18,21)/t16-/m0/s1. The monoisotopic (exact) mass is 308 g/mol. The third-order valence-corrected chi connectivity index (χ3v) is 4.07. The molecule has 0 spiro atoms. The van der Waals surface area contributed by atoms with Gasteiger partial charge in [-0.2, -0.15) is 0 Å². The van der Waals surface area contributed by atoms with E-state index in [0.717, 1.165) is 12.0 Å². The van der Waals surface area contributed by atoms with Gasteiger partial charge in [-0.15, -0.1) is 0 Å². The summed E-state index contributed by atoms with van der Waals surface area (Å²) in [5, 5.41) is 3.47. The molecule has 3 amide bonds. The zero-order valence-electron chi connectivity index (χ0n) is 12.6. The molecule has 0 bridgehead atoms. The minimum atomic E-state index is -0.784. The van der Waals surface area contributed by atoms with Crippen LogP contribution in [0.15, 0.2) is 24.3 Å². The van der Waals surface area contributed by atoms with Gasteiger partial charge in [0.1, 0.15) is 5.54 Å². The first-order valence-electron chi connectivity index (χ1n) is 7.20. The zero-order chi connectivity index (χ0) is 15.6. The van der Waals surface area contributed by atoms with Gasteiger partial charge in [0.2, 0.25) is 0 Å². The Labute approximate surface area is 130 Å². The summed E-state index contributed by atoms with van der Waals surface area (Å²) in [6.45, 7) is 6.29. The number of carbonyl (C=O) groups is 2. The zero-order valence-corrected chi connectivity index (χ0v) is 13.4. The predicted octanol–water partition coefficient (Wildman–Crippen LogP) is 3.59. The fraction of sp³-hybridized carbons (Fsp3) is 0.500. The minimum Gasteiger partial charge on any atom is -0.323 e. The topological polar surface area (TPSA) is 49.4 Å². The van der Waals surface area contributed by atoms with E-state index in [-0.39, 0.29) is 18.5 Å². The minimum absolute atomic E-state index is 0.150. The lowest BCUT2D eigenvalue weighted by atomic mass is 9.92. The molecule has 1 fully saturated rings. The van der Waals surface area contributed by atoms with Crippen LogP contribution in [0.2, 0.25) is 5.02 Å². The van der Waals surface area contributed by atoms with E-state index in [1.54, 1.807) is 19.1 Å². The Hall–Kier alpha value is -1.55. The van der Waals surface area contributed by atoms with Crippen LogP contribution in [0, 0.1) is 5.92 Å². The van der Waals surface area contributed by atoms with Crippen molar-refractivity contribution in [1.29, 1.82) is 0 Å². The molecule has 1 aromatic carbocycles. The summed E-state index contributed by atoms with van der Waals surface area (Å²) in [6, 6.07) is 6.85. The van der Waals surface area contributed by atoms with Gasteiger partial charge in [-0.05, 0) is 43.4 Å². The van der Waals surface area contributed by atoms with Crippen LogP contribution in [0.25, 0.3) is 0 Å². The second-order valence-corrected chi connectivity index (χ2v) is 6.65. The summed E-state index contributed by atoms with van der Waals surface area (Å²) in [4.78, 5) is 25.9. The van der Waals surface area contributed by atoms with E-state index in [4.69, 9.17) is 11.6 Å². The molecule has 114 valence electrons.